The molecular formula is C35H27BrCl2F4N4O6. The van der Waals surface area contributed by atoms with Crippen molar-refractivity contribution in [1.82, 2.24) is 9.99 Å². The number of imide groups is 2. The molecule has 2 aliphatic heterocycles. The molecule has 6 atom stereocenters. The van der Waals surface area contributed by atoms with Crippen LogP contribution in [0.3, 0.4) is 0 Å². The Hall–Kier alpha value is -4.21. The largest absolute Gasteiger partial charge is 0.503 e. The van der Waals surface area contributed by atoms with E-state index in [1.807, 2.05) is 0 Å². The quantitative estimate of drug-likeness (QED) is 0.162. The Balaban J connectivity index is 1.35. The maximum Gasteiger partial charge on any atom is 0.433 e. The zero-order valence-corrected chi connectivity index (χ0v) is 30.4. The molecule has 0 bridgehead atoms. The Labute approximate surface area is 312 Å². The van der Waals surface area contributed by atoms with Gasteiger partial charge >= 0.3 is 6.18 Å². The maximum absolute atomic E-state index is 14.6. The number of hydrogen-bond acceptors (Lipinski definition) is 8. The number of amides is 4. The van der Waals surface area contributed by atoms with E-state index in [-0.39, 0.29) is 44.5 Å². The minimum Gasteiger partial charge on any atom is -0.503 e. The van der Waals surface area contributed by atoms with Gasteiger partial charge in [-0.2, -0.15) is 18.2 Å². The lowest BCUT2D eigenvalue weighted by Gasteiger charge is -2.49. The molecule has 4 amide bonds. The summed E-state index contributed by atoms with van der Waals surface area (Å²) in [6.07, 6.45) is -3.08. The number of allylic oxidation sites excluding steroid dienone is 2. The molecule has 3 fully saturated rings. The molecule has 2 aliphatic carbocycles. The molecule has 272 valence electrons. The number of fused-ring (bicyclic) bond motifs is 4. The van der Waals surface area contributed by atoms with Gasteiger partial charge in [0.2, 0.25) is 11.8 Å². The van der Waals surface area contributed by atoms with E-state index in [4.69, 9.17) is 27.9 Å². The third-order valence-corrected chi connectivity index (χ3v) is 11.9. The third-order valence-electron chi connectivity index (χ3n) is 10.7. The zero-order chi connectivity index (χ0) is 37.8. The number of nitrogens with zero attached hydrogens (tertiary/aromatic N) is 4. The highest BCUT2D eigenvalue weighted by molar-refractivity contribution is 9.10. The number of alkyl halides is 3. The van der Waals surface area contributed by atoms with Gasteiger partial charge in [-0.3, -0.25) is 24.2 Å². The minimum absolute atomic E-state index is 0.0300. The second-order valence-electron chi connectivity index (χ2n) is 13.3. The number of carbonyl (C=O) groups excluding carboxylic acids is 4. The maximum atomic E-state index is 14.6. The summed E-state index contributed by atoms with van der Waals surface area (Å²) in [4.78, 5) is 61.9. The summed E-state index contributed by atoms with van der Waals surface area (Å²) < 4.78 is 60.5. The number of phenols is 1. The fourth-order valence-electron chi connectivity index (χ4n) is 8.37. The Bertz CT molecular complexity index is 2130. The van der Waals surface area contributed by atoms with Gasteiger partial charge in [-0.05, 0) is 89.6 Å². The molecule has 4 aliphatic rings. The number of halogens is 7. The fraction of sp³-hybridized carbons (Fsp3) is 0.343. The summed E-state index contributed by atoms with van der Waals surface area (Å²) in [6.45, 7) is 1.63. The van der Waals surface area contributed by atoms with Crippen LogP contribution in [0.25, 0.3) is 0 Å². The monoisotopic (exact) mass is 824 g/mol. The number of phenolic OH excluding ortho intramolecular Hbond substituents is 1. The van der Waals surface area contributed by atoms with E-state index in [1.165, 1.54) is 32.4 Å². The van der Waals surface area contributed by atoms with Crippen LogP contribution in [-0.4, -0.2) is 52.9 Å². The highest BCUT2D eigenvalue weighted by Crippen LogP contribution is 2.64. The molecule has 0 radical (unpaired) electrons. The second kappa shape index (κ2) is 12.4. The summed E-state index contributed by atoms with van der Waals surface area (Å²) >= 11 is 15.6. The zero-order valence-electron chi connectivity index (χ0n) is 27.3. The van der Waals surface area contributed by atoms with E-state index < -0.39 is 82.1 Å². The van der Waals surface area contributed by atoms with Crippen molar-refractivity contribution in [3.63, 3.8) is 0 Å². The van der Waals surface area contributed by atoms with Crippen molar-refractivity contribution >= 4 is 74.3 Å². The summed E-state index contributed by atoms with van der Waals surface area (Å²) in [6, 6.07) is 8.23. The van der Waals surface area contributed by atoms with Gasteiger partial charge in [0.05, 0.1) is 50.5 Å². The number of carbonyl (C=O) groups is 4. The van der Waals surface area contributed by atoms with Crippen LogP contribution in [-0.2, 0) is 25.4 Å². The number of hydrazine groups is 1. The van der Waals surface area contributed by atoms with Crippen LogP contribution in [0.15, 0.2) is 58.6 Å². The van der Waals surface area contributed by atoms with Crippen LogP contribution in [0.5, 0.6) is 11.5 Å². The first-order valence-corrected chi connectivity index (χ1v) is 17.4. The predicted octanol–water partition coefficient (Wildman–Crippen LogP) is 7.31. The topological polar surface area (TPSA) is 120 Å². The summed E-state index contributed by atoms with van der Waals surface area (Å²) in [5.74, 6) is -8.86. The first-order chi connectivity index (χ1) is 24.4. The normalized spacial score (nSPS) is 27.0. The van der Waals surface area contributed by atoms with E-state index in [0.29, 0.717) is 17.2 Å². The average Bonchev–Trinajstić information content (AvgIpc) is 3.46. The molecule has 0 unspecified atom stereocenters. The van der Waals surface area contributed by atoms with Gasteiger partial charge in [0.1, 0.15) is 11.5 Å². The van der Waals surface area contributed by atoms with Crippen LogP contribution in [0, 0.1) is 34.9 Å². The Morgan fingerprint density at radius 1 is 1.02 bits per heavy atom. The number of hydrogen-bond donors (Lipinski definition) is 1. The second-order valence-corrected chi connectivity index (χ2v) is 15.0. The van der Waals surface area contributed by atoms with Crippen molar-refractivity contribution in [2.75, 3.05) is 24.1 Å². The molecule has 1 aromatic heterocycles. The van der Waals surface area contributed by atoms with E-state index in [0.717, 1.165) is 27.1 Å². The first-order valence-electron chi connectivity index (χ1n) is 15.9. The lowest BCUT2D eigenvalue weighted by atomic mass is 9.51. The molecule has 52 heavy (non-hydrogen) atoms. The number of benzene rings is 2. The highest BCUT2D eigenvalue weighted by atomic mass is 79.9. The lowest BCUT2D eigenvalue weighted by Crippen LogP contribution is -2.49. The van der Waals surface area contributed by atoms with Crippen molar-refractivity contribution in [1.29, 1.82) is 0 Å². The molecule has 0 spiro atoms. The number of methoxy groups -OCH3 is 1. The van der Waals surface area contributed by atoms with Gasteiger partial charge in [-0.15, -0.1) is 0 Å². The van der Waals surface area contributed by atoms with E-state index in [9.17, 15) is 41.8 Å². The van der Waals surface area contributed by atoms with Gasteiger partial charge in [-0.1, -0.05) is 34.9 Å². The summed E-state index contributed by atoms with van der Waals surface area (Å²) in [5, 5.41) is 11.7. The van der Waals surface area contributed by atoms with Gasteiger partial charge in [0.15, 0.2) is 17.3 Å². The Kier molecular flexibility index (Phi) is 8.65. The van der Waals surface area contributed by atoms with Crippen LogP contribution in [0.4, 0.5) is 29.1 Å². The molecule has 3 aromatic rings. The number of aromatic hydroxyl groups is 1. The van der Waals surface area contributed by atoms with Crippen molar-refractivity contribution in [2.45, 2.75) is 31.9 Å². The number of pyridine rings is 1. The predicted molar refractivity (Wildman–Crippen MR) is 183 cm³/mol. The van der Waals surface area contributed by atoms with Gasteiger partial charge in [-0.25, -0.2) is 14.3 Å². The van der Waals surface area contributed by atoms with E-state index >= 15 is 0 Å². The number of aromatic nitrogens is 1. The Morgan fingerprint density at radius 2 is 1.73 bits per heavy atom. The van der Waals surface area contributed by atoms with Crippen molar-refractivity contribution in [3.8, 4) is 11.5 Å². The van der Waals surface area contributed by atoms with Crippen LogP contribution < -0.4 is 14.6 Å². The van der Waals surface area contributed by atoms with Gasteiger partial charge in [0.25, 0.3) is 11.8 Å². The van der Waals surface area contributed by atoms with E-state index in [1.54, 1.807) is 19.1 Å². The minimum atomic E-state index is -4.83. The fourth-order valence-corrected chi connectivity index (χ4v) is 9.23. The molecule has 7 rings (SSSR count). The van der Waals surface area contributed by atoms with Crippen molar-refractivity contribution < 1.29 is 46.6 Å². The molecule has 17 heteroatoms. The van der Waals surface area contributed by atoms with Crippen LogP contribution in [0.1, 0.15) is 36.9 Å². The molecular weight excluding hydrogens is 799 g/mol. The SMILES string of the molecule is COc1cc([C@H]2C3=CC[C@@H]4C(=O)N(N(C)c5nc(C(F)(F)F)ccc5Cl)C(=O)[C@@H]4[C@@H]3C[C@H]3C(=O)N(c4ccc(F)c(Cl)c4)C(=O)[C@@]23C)cc(Br)c1O. The van der Waals surface area contributed by atoms with Crippen LogP contribution >= 0.6 is 39.1 Å². The number of ether oxygens (including phenoxy) is 1. The highest BCUT2D eigenvalue weighted by Gasteiger charge is 2.68. The summed E-state index contributed by atoms with van der Waals surface area (Å²) in [7, 11) is 2.55. The van der Waals surface area contributed by atoms with E-state index in [2.05, 4.69) is 20.9 Å². The number of anilines is 2. The molecule has 1 N–H and O–H groups in total. The lowest BCUT2D eigenvalue weighted by molar-refractivity contribution is -0.141. The smallest absolute Gasteiger partial charge is 0.433 e. The van der Waals surface area contributed by atoms with Crippen molar-refractivity contribution in [3.05, 3.63) is 85.7 Å². The first kappa shape index (κ1) is 36.2. The molecule has 3 heterocycles. The molecule has 1 saturated carbocycles. The average molecular weight is 826 g/mol. The summed E-state index contributed by atoms with van der Waals surface area (Å²) in [5.41, 5.74) is -1.69. The molecule has 2 aromatic carbocycles. The standard InChI is InChI=1S/C35H27BrCl2F4N4O6/c1-34-19(31(49)45(33(34)51)15-4-8-23(39)22(38)12-15)13-18-16(27(34)14-10-20(36)28(47)24(11-14)52-3)5-6-17-26(18)32(50)46(30(17)48)44(2)29-21(37)7-9-25(43-29)35(40,41)42/h4-5,7-12,17-19,26-27,47H,6,13H2,1-3H3/t17-,18+,19-,26-,27-,34+/m0/s1. The molecule has 2 saturated heterocycles. The van der Waals surface area contributed by atoms with Crippen molar-refractivity contribution in [2.24, 2.45) is 29.1 Å². The third kappa shape index (κ3) is 5.21. The van der Waals surface area contributed by atoms with Gasteiger partial charge in [0, 0.05) is 13.0 Å². The van der Waals surface area contributed by atoms with Gasteiger partial charge < -0.3 is 9.84 Å². The number of rotatable bonds is 5. The van der Waals surface area contributed by atoms with Crippen LogP contribution in [0.2, 0.25) is 10.0 Å². The Morgan fingerprint density at radius 3 is 2.38 bits per heavy atom. The molecule has 10 nitrogen and oxygen atoms in total.